The van der Waals surface area contributed by atoms with Crippen LogP contribution in [0.1, 0.15) is 51.9 Å². The fourth-order valence-corrected chi connectivity index (χ4v) is 7.23. The second-order valence-electron chi connectivity index (χ2n) is 8.97. The smallest absolute Gasteiger partial charge is 0.0408 e. The van der Waals surface area contributed by atoms with Crippen LogP contribution in [0.2, 0.25) is 0 Å². The molecule has 1 heteroatoms. The lowest BCUT2D eigenvalue weighted by molar-refractivity contribution is -0.00132. The van der Waals surface area contributed by atoms with Crippen molar-refractivity contribution in [2.24, 2.45) is 28.6 Å². The van der Waals surface area contributed by atoms with Crippen LogP contribution in [-0.2, 0) is 0 Å². The SMILES string of the molecule is C=C(N(CCC)c1ccccc1)C12CC3CC4CC(C1)C4(C3)C2. The number of allylic oxidation sites excluding steroid dienone is 1. The molecule has 5 atom stereocenters. The third-order valence-corrected chi connectivity index (χ3v) is 7.92. The van der Waals surface area contributed by atoms with E-state index in [2.05, 4.69) is 42.2 Å². The second-order valence-corrected chi connectivity index (χ2v) is 8.97. The molecule has 5 rings (SSSR count). The van der Waals surface area contributed by atoms with Crippen molar-refractivity contribution in [3.63, 3.8) is 0 Å². The summed E-state index contributed by atoms with van der Waals surface area (Å²) >= 11 is 0. The molecule has 1 aromatic rings. The summed E-state index contributed by atoms with van der Waals surface area (Å²) in [6, 6.07) is 11.0. The van der Waals surface area contributed by atoms with Crippen LogP contribution >= 0.6 is 0 Å². The summed E-state index contributed by atoms with van der Waals surface area (Å²) < 4.78 is 0. The molecule has 0 N–H and O–H groups in total. The second kappa shape index (κ2) is 4.65. The Balaban J connectivity index is 1.50. The van der Waals surface area contributed by atoms with Crippen molar-refractivity contribution in [1.82, 2.24) is 0 Å². The Hall–Kier alpha value is -1.24. The predicted octanol–water partition coefficient (Wildman–Crippen LogP) is 5.63. The molecule has 4 aliphatic rings. The third-order valence-electron chi connectivity index (χ3n) is 7.92. The minimum absolute atomic E-state index is 0.420. The van der Waals surface area contributed by atoms with Crippen LogP contribution in [0.4, 0.5) is 5.69 Å². The van der Waals surface area contributed by atoms with E-state index >= 15 is 0 Å². The Kier molecular flexibility index (Phi) is 2.86. The number of para-hydroxylation sites is 1. The number of hydrogen-bond donors (Lipinski definition) is 0. The molecule has 3 bridgehead atoms. The van der Waals surface area contributed by atoms with E-state index in [1.807, 2.05) is 0 Å². The number of hydrogen-bond acceptors (Lipinski definition) is 1. The number of anilines is 1. The van der Waals surface area contributed by atoms with E-state index in [-0.39, 0.29) is 0 Å². The zero-order chi connectivity index (χ0) is 15.7. The zero-order valence-corrected chi connectivity index (χ0v) is 14.4. The third kappa shape index (κ3) is 1.74. The van der Waals surface area contributed by atoms with Gasteiger partial charge in [0, 0.05) is 23.3 Å². The average molecular weight is 307 g/mol. The van der Waals surface area contributed by atoms with E-state index in [1.54, 1.807) is 6.42 Å². The number of nitrogens with zero attached hydrogens (tertiary/aromatic N) is 1. The molecule has 5 unspecified atom stereocenters. The molecule has 0 aliphatic heterocycles. The number of rotatable bonds is 5. The van der Waals surface area contributed by atoms with E-state index in [0.717, 1.165) is 29.7 Å². The van der Waals surface area contributed by atoms with E-state index in [0.29, 0.717) is 5.41 Å². The lowest BCUT2D eigenvalue weighted by atomic mass is 9.55. The summed E-state index contributed by atoms with van der Waals surface area (Å²) in [5.74, 6) is 3.10. The van der Waals surface area contributed by atoms with Crippen molar-refractivity contribution in [3.05, 3.63) is 42.6 Å². The maximum Gasteiger partial charge on any atom is 0.0408 e. The van der Waals surface area contributed by atoms with Crippen LogP contribution in [0.15, 0.2) is 42.6 Å². The van der Waals surface area contributed by atoms with Gasteiger partial charge in [0.1, 0.15) is 0 Å². The fourth-order valence-electron chi connectivity index (χ4n) is 7.23. The molecule has 4 aliphatic carbocycles. The van der Waals surface area contributed by atoms with Gasteiger partial charge in [-0.3, -0.25) is 0 Å². The van der Waals surface area contributed by atoms with E-state index in [9.17, 15) is 0 Å². The maximum atomic E-state index is 4.72. The highest BCUT2D eigenvalue weighted by molar-refractivity contribution is 5.53. The summed E-state index contributed by atoms with van der Waals surface area (Å²) in [5.41, 5.74) is 3.97. The van der Waals surface area contributed by atoms with Crippen LogP contribution in [0.25, 0.3) is 0 Å². The molecule has 0 saturated heterocycles. The van der Waals surface area contributed by atoms with Crippen LogP contribution in [-0.4, -0.2) is 6.54 Å². The molecular formula is C22H29N. The van der Waals surface area contributed by atoms with Crippen molar-refractivity contribution in [3.8, 4) is 0 Å². The van der Waals surface area contributed by atoms with Crippen molar-refractivity contribution in [2.45, 2.75) is 51.9 Å². The largest absolute Gasteiger partial charge is 0.345 e. The molecule has 0 aromatic heterocycles. The van der Waals surface area contributed by atoms with Gasteiger partial charge in [-0.05, 0) is 80.2 Å². The predicted molar refractivity (Wildman–Crippen MR) is 96.3 cm³/mol. The Bertz CT molecular complexity index is 631. The lowest BCUT2D eigenvalue weighted by Gasteiger charge is -2.49. The Labute approximate surface area is 140 Å². The quantitative estimate of drug-likeness (QED) is 0.681. The first-order valence-electron chi connectivity index (χ1n) is 9.69. The van der Waals surface area contributed by atoms with Crippen molar-refractivity contribution >= 4 is 5.69 Å². The van der Waals surface area contributed by atoms with Gasteiger partial charge in [-0.25, -0.2) is 0 Å². The van der Waals surface area contributed by atoms with Crippen LogP contribution in [0.3, 0.4) is 0 Å². The van der Waals surface area contributed by atoms with E-state index < -0.39 is 0 Å². The van der Waals surface area contributed by atoms with Gasteiger partial charge in [0.15, 0.2) is 0 Å². The zero-order valence-electron chi connectivity index (χ0n) is 14.4. The van der Waals surface area contributed by atoms with Crippen molar-refractivity contribution < 1.29 is 0 Å². The van der Waals surface area contributed by atoms with E-state index in [1.165, 1.54) is 49.9 Å². The molecule has 122 valence electrons. The maximum absolute atomic E-state index is 4.72. The van der Waals surface area contributed by atoms with Gasteiger partial charge in [0.25, 0.3) is 0 Å². The summed E-state index contributed by atoms with van der Waals surface area (Å²) in [7, 11) is 0. The standard InChI is InChI=1S/C22H29N/c1-3-9-23(20-7-5-4-6-8-20)16(2)21-12-17-10-18-11-19(14-21)22(18,13-17)15-21/h4-8,17-19H,2-3,9-15H2,1H3. The summed E-state index contributed by atoms with van der Waals surface area (Å²) in [6.07, 6.45) is 10.1. The number of fused-ring (bicyclic) bond motifs is 2. The molecule has 4 saturated carbocycles. The van der Waals surface area contributed by atoms with E-state index in [4.69, 9.17) is 6.58 Å². The molecule has 23 heavy (non-hydrogen) atoms. The van der Waals surface area contributed by atoms with Gasteiger partial charge in [-0.1, -0.05) is 31.7 Å². The Morgan fingerprint density at radius 3 is 2.74 bits per heavy atom. The van der Waals surface area contributed by atoms with Gasteiger partial charge in [0.05, 0.1) is 0 Å². The van der Waals surface area contributed by atoms with Gasteiger partial charge < -0.3 is 4.90 Å². The first-order chi connectivity index (χ1) is 11.2. The molecule has 0 heterocycles. The summed E-state index contributed by atoms with van der Waals surface area (Å²) in [6.45, 7) is 8.11. The fraction of sp³-hybridized carbons (Fsp3) is 0.636. The lowest BCUT2D eigenvalue weighted by Crippen LogP contribution is -2.42. The highest BCUT2D eigenvalue weighted by Crippen LogP contribution is 2.80. The molecule has 4 fully saturated rings. The van der Waals surface area contributed by atoms with Gasteiger partial charge in [-0.15, -0.1) is 0 Å². The summed E-state index contributed by atoms with van der Waals surface area (Å²) in [5, 5.41) is 0. The minimum atomic E-state index is 0.420. The molecule has 1 spiro atoms. The highest BCUT2D eigenvalue weighted by Gasteiger charge is 2.71. The van der Waals surface area contributed by atoms with Crippen LogP contribution in [0, 0.1) is 28.6 Å². The normalized spacial score (nSPS) is 42.4. The topological polar surface area (TPSA) is 3.24 Å². The summed E-state index contributed by atoms with van der Waals surface area (Å²) in [4.78, 5) is 2.56. The number of benzene rings is 1. The van der Waals surface area contributed by atoms with Gasteiger partial charge in [0.2, 0.25) is 0 Å². The minimum Gasteiger partial charge on any atom is -0.345 e. The molecule has 1 aromatic carbocycles. The molecule has 0 radical (unpaired) electrons. The first-order valence-corrected chi connectivity index (χ1v) is 9.69. The van der Waals surface area contributed by atoms with Crippen molar-refractivity contribution in [1.29, 1.82) is 0 Å². The van der Waals surface area contributed by atoms with Gasteiger partial charge >= 0.3 is 0 Å². The molecule has 1 nitrogen and oxygen atoms in total. The Morgan fingerprint density at radius 1 is 1.13 bits per heavy atom. The Morgan fingerprint density at radius 2 is 1.96 bits per heavy atom. The van der Waals surface area contributed by atoms with Crippen molar-refractivity contribution in [2.75, 3.05) is 11.4 Å². The average Bonchev–Trinajstić information content (AvgIpc) is 2.88. The monoisotopic (exact) mass is 307 g/mol. The van der Waals surface area contributed by atoms with Crippen LogP contribution in [0.5, 0.6) is 0 Å². The van der Waals surface area contributed by atoms with Gasteiger partial charge in [-0.2, -0.15) is 0 Å². The highest BCUT2D eigenvalue weighted by atomic mass is 15.2. The molecule has 0 amide bonds. The first kappa shape index (κ1) is 14.1. The molecular weight excluding hydrogens is 278 g/mol. The van der Waals surface area contributed by atoms with Crippen LogP contribution < -0.4 is 4.90 Å².